The Morgan fingerprint density at radius 3 is 2.24 bits per heavy atom. The zero-order valence-corrected chi connectivity index (χ0v) is 10.9. The molecule has 0 heterocycles. The van der Waals surface area contributed by atoms with E-state index in [0.29, 0.717) is 6.54 Å². The minimum Gasteiger partial charge on any atom is -0.391 e. The van der Waals surface area contributed by atoms with Crippen molar-refractivity contribution < 1.29 is 9.84 Å². The molecule has 3 nitrogen and oxygen atoms in total. The van der Waals surface area contributed by atoms with Gasteiger partial charge in [-0.25, -0.2) is 0 Å². The molecule has 1 aromatic carbocycles. The maximum absolute atomic E-state index is 9.43. The zero-order valence-electron chi connectivity index (χ0n) is 10.9. The van der Waals surface area contributed by atoms with E-state index in [2.05, 4.69) is 19.1 Å². The molecule has 0 amide bonds. The number of aryl methyl sites for hydroxylation is 1. The lowest BCUT2D eigenvalue weighted by Gasteiger charge is -2.23. The number of hydrogen-bond acceptors (Lipinski definition) is 3. The normalized spacial score (nSPS) is 16.5. The third-order valence-electron chi connectivity index (χ3n) is 3.03. The third-order valence-corrected chi connectivity index (χ3v) is 3.03. The van der Waals surface area contributed by atoms with Crippen molar-refractivity contribution >= 4 is 0 Å². The highest BCUT2D eigenvalue weighted by Crippen LogP contribution is 2.20. The first-order chi connectivity index (χ1) is 8.08. The molecule has 0 saturated heterocycles. The van der Waals surface area contributed by atoms with Gasteiger partial charge in [-0.1, -0.05) is 31.2 Å². The van der Waals surface area contributed by atoms with Crippen LogP contribution in [0.5, 0.6) is 0 Å². The Bertz CT molecular complexity index is 321. The maximum Gasteiger partial charge on any atom is 0.0952 e. The van der Waals surface area contributed by atoms with E-state index in [4.69, 9.17) is 10.5 Å². The number of benzene rings is 1. The molecule has 0 radical (unpaired) electrons. The number of aliphatic hydroxyl groups excluding tert-OH is 1. The highest BCUT2D eigenvalue weighted by atomic mass is 16.5. The summed E-state index contributed by atoms with van der Waals surface area (Å²) in [7, 11) is 0. The topological polar surface area (TPSA) is 55.5 Å². The summed E-state index contributed by atoms with van der Waals surface area (Å²) in [6.07, 6.45) is 0.178. The van der Waals surface area contributed by atoms with Crippen LogP contribution in [0.1, 0.15) is 38.0 Å². The minimum absolute atomic E-state index is 0.148. The Morgan fingerprint density at radius 2 is 1.82 bits per heavy atom. The average molecular weight is 237 g/mol. The summed E-state index contributed by atoms with van der Waals surface area (Å²) in [5, 5.41) is 9.43. The van der Waals surface area contributed by atoms with Crippen LogP contribution in [0.25, 0.3) is 0 Å². The van der Waals surface area contributed by atoms with Crippen molar-refractivity contribution in [3.05, 3.63) is 35.4 Å². The summed E-state index contributed by atoms with van der Waals surface area (Å²) < 4.78 is 5.75. The molecule has 1 rings (SSSR count). The van der Waals surface area contributed by atoms with Crippen LogP contribution in [0.3, 0.4) is 0 Å². The lowest BCUT2D eigenvalue weighted by atomic mass is 10.1. The van der Waals surface area contributed by atoms with Gasteiger partial charge in [0, 0.05) is 6.54 Å². The van der Waals surface area contributed by atoms with Crippen molar-refractivity contribution in [1.82, 2.24) is 0 Å². The highest BCUT2D eigenvalue weighted by Gasteiger charge is 2.17. The first kappa shape index (κ1) is 14.2. The lowest BCUT2D eigenvalue weighted by molar-refractivity contribution is -0.0591. The Balaban J connectivity index is 2.72. The van der Waals surface area contributed by atoms with Crippen LogP contribution < -0.4 is 5.73 Å². The number of rotatable bonds is 6. The van der Waals surface area contributed by atoms with Gasteiger partial charge in [-0.05, 0) is 31.4 Å². The molecule has 3 heteroatoms. The van der Waals surface area contributed by atoms with Crippen LogP contribution in [0, 0.1) is 0 Å². The van der Waals surface area contributed by atoms with Gasteiger partial charge in [0.2, 0.25) is 0 Å². The molecule has 0 aliphatic rings. The second-order valence-electron chi connectivity index (χ2n) is 4.40. The van der Waals surface area contributed by atoms with Crippen LogP contribution in [-0.4, -0.2) is 23.9 Å². The van der Waals surface area contributed by atoms with Crippen LogP contribution in [0.4, 0.5) is 0 Å². The predicted octanol–water partition coefficient (Wildman–Crippen LogP) is 2.03. The van der Waals surface area contributed by atoms with Gasteiger partial charge in [-0.3, -0.25) is 0 Å². The van der Waals surface area contributed by atoms with Gasteiger partial charge < -0.3 is 15.6 Å². The largest absolute Gasteiger partial charge is 0.391 e. The van der Waals surface area contributed by atoms with Gasteiger partial charge in [-0.2, -0.15) is 0 Å². The molecule has 1 aromatic rings. The Kier molecular flexibility index (Phi) is 5.62. The first-order valence-electron chi connectivity index (χ1n) is 6.20. The average Bonchev–Trinajstić information content (AvgIpc) is 2.35. The number of ether oxygens (including phenoxy) is 1. The van der Waals surface area contributed by atoms with E-state index >= 15 is 0 Å². The summed E-state index contributed by atoms with van der Waals surface area (Å²) in [5.41, 5.74) is 8.08. The van der Waals surface area contributed by atoms with E-state index in [1.54, 1.807) is 6.92 Å². The lowest BCUT2D eigenvalue weighted by Crippen LogP contribution is -2.28. The fourth-order valence-electron chi connectivity index (χ4n) is 1.61. The maximum atomic E-state index is 9.43. The van der Waals surface area contributed by atoms with Crippen molar-refractivity contribution in [3.8, 4) is 0 Å². The van der Waals surface area contributed by atoms with Crippen molar-refractivity contribution in [1.29, 1.82) is 0 Å². The van der Waals surface area contributed by atoms with Crippen molar-refractivity contribution in [2.24, 2.45) is 5.73 Å². The summed E-state index contributed by atoms with van der Waals surface area (Å²) in [5.74, 6) is 0. The van der Waals surface area contributed by atoms with Crippen molar-refractivity contribution in [3.63, 3.8) is 0 Å². The Hall–Kier alpha value is -0.900. The van der Waals surface area contributed by atoms with Crippen molar-refractivity contribution in [2.75, 3.05) is 6.54 Å². The van der Waals surface area contributed by atoms with E-state index in [1.165, 1.54) is 5.56 Å². The Labute approximate surface area is 104 Å². The second-order valence-corrected chi connectivity index (χ2v) is 4.40. The van der Waals surface area contributed by atoms with Gasteiger partial charge in [0.1, 0.15) is 0 Å². The Morgan fingerprint density at radius 1 is 1.24 bits per heavy atom. The van der Waals surface area contributed by atoms with Gasteiger partial charge in [-0.15, -0.1) is 0 Å². The number of nitrogens with two attached hydrogens (primary N) is 1. The van der Waals surface area contributed by atoms with E-state index < -0.39 is 6.10 Å². The van der Waals surface area contributed by atoms with Gasteiger partial charge in [0.15, 0.2) is 0 Å². The first-order valence-corrected chi connectivity index (χ1v) is 6.20. The van der Waals surface area contributed by atoms with Crippen molar-refractivity contribution in [2.45, 2.75) is 45.5 Å². The molecule has 3 N–H and O–H groups in total. The summed E-state index contributed by atoms with van der Waals surface area (Å²) >= 11 is 0. The molecule has 0 bridgehead atoms. The molecule has 0 spiro atoms. The smallest absolute Gasteiger partial charge is 0.0952 e. The SMILES string of the molecule is CCc1ccc(C(CN)OC(C)C(C)O)cc1. The molecule has 3 unspecified atom stereocenters. The molecule has 3 atom stereocenters. The van der Waals surface area contributed by atoms with E-state index in [0.717, 1.165) is 12.0 Å². The van der Waals surface area contributed by atoms with Crippen LogP contribution in [0.2, 0.25) is 0 Å². The van der Waals surface area contributed by atoms with Gasteiger partial charge in [0.25, 0.3) is 0 Å². The van der Waals surface area contributed by atoms with Crippen LogP contribution in [-0.2, 0) is 11.2 Å². The molecule has 96 valence electrons. The number of aliphatic hydroxyl groups is 1. The van der Waals surface area contributed by atoms with Crippen LogP contribution in [0.15, 0.2) is 24.3 Å². The van der Waals surface area contributed by atoms with E-state index in [9.17, 15) is 5.11 Å². The van der Waals surface area contributed by atoms with Gasteiger partial charge >= 0.3 is 0 Å². The van der Waals surface area contributed by atoms with Gasteiger partial charge in [0.05, 0.1) is 18.3 Å². The fraction of sp³-hybridized carbons (Fsp3) is 0.571. The quantitative estimate of drug-likeness (QED) is 0.796. The summed E-state index contributed by atoms with van der Waals surface area (Å²) in [4.78, 5) is 0. The van der Waals surface area contributed by atoms with Crippen LogP contribution >= 0.6 is 0 Å². The molecular formula is C14H23NO2. The summed E-state index contributed by atoms with van der Waals surface area (Å²) in [6.45, 7) is 6.12. The minimum atomic E-state index is -0.487. The fourth-order valence-corrected chi connectivity index (χ4v) is 1.61. The molecule has 0 aliphatic carbocycles. The zero-order chi connectivity index (χ0) is 12.8. The molecule has 17 heavy (non-hydrogen) atoms. The molecule has 0 aromatic heterocycles. The number of hydrogen-bond donors (Lipinski definition) is 2. The standard InChI is InChI=1S/C14H23NO2/c1-4-12-5-7-13(8-6-12)14(9-15)17-11(3)10(2)16/h5-8,10-11,14,16H,4,9,15H2,1-3H3. The molecule has 0 fully saturated rings. The van der Waals surface area contributed by atoms with E-state index in [1.807, 2.05) is 19.1 Å². The third kappa shape index (κ3) is 4.11. The highest BCUT2D eigenvalue weighted by molar-refractivity contribution is 5.24. The predicted molar refractivity (Wildman–Crippen MR) is 69.8 cm³/mol. The monoisotopic (exact) mass is 237 g/mol. The molecule has 0 aliphatic heterocycles. The summed E-state index contributed by atoms with van der Waals surface area (Å²) in [6, 6.07) is 8.28. The van der Waals surface area contributed by atoms with E-state index in [-0.39, 0.29) is 12.2 Å². The molecular weight excluding hydrogens is 214 g/mol. The molecule has 0 saturated carbocycles. The second kappa shape index (κ2) is 6.74.